The van der Waals surface area contributed by atoms with E-state index in [2.05, 4.69) is 26.0 Å². The molecule has 0 spiro atoms. The molecule has 0 saturated heterocycles. The SMILES string of the molecule is O=C(CSc1ncnc2nc[nH]c12)N1CCCc2ccccc21. The van der Waals surface area contributed by atoms with Gasteiger partial charge in [-0.05, 0) is 24.5 Å². The molecule has 1 amide bonds. The second-order valence-electron chi connectivity index (χ2n) is 5.35. The molecule has 1 N–H and O–H groups in total. The highest BCUT2D eigenvalue weighted by Crippen LogP contribution is 2.28. The number of hydrogen-bond acceptors (Lipinski definition) is 5. The zero-order valence-corrected chi connectivity index (χ0v) is 13.2. The zero-order valence-electron chi connectivity index (χ0n) is 12.4. The molecule has 4 rings (SSSR count). The lowest BCUT2D eigenvalue weighted by atomic mass is 10.0. The molecule has 0 radical (unpaired) electrons. The molecule has 0 bridgehead atoms. The summed E-state index contributed by atoms with van der Waals surface area (Å²) in [7, 11) is 0. The lowest BCUT2D eigenvalue weighted by Crippen LogP contribution is -2.36. The van der Waals surface area contributed by atoms with Gasteiger partial charge >= 0.3 is 0 Å². The molecule has 0 aliphatic carbocycles. The largest absolute Gasteiger partial charge is 0.341 e. The number of benzene rings is 1. The van der Waals surface area contributed by atoms with E-state index >= 15 is 0 Å². The quantitative estimate of drug-likeness (QED) is 0.591. The number of nitrogens with zero attached hydrogens (tertiary/aromatic N) is 4. The third kappa shape index (κ3) is 2.68. The maximum Gasteiger partial charge on any atom is 0.237 e. The van der Waals surface area contributed by atoms with Crippen LogP contribution in [0.2, 0.25) is 0 Å². The van der Waals surface area contributed by atoms with Crippen molar-refractivity contribution in [3.05, 3.63) is 42.5 Å². The number of amides is 1. The summed E-state index contributed by atoms with van der Waals surface area (Å²) in [5.41, 5.74) is 3.69. The Bertz CT molecular complexity index is 862. The Morgan fingerprint density at radius 1 is 1.26 bits per heavy atom. The van der Waals surface area contributed by atoms with E-state index in [4.69, 9.17) is 0 Å². The summed E-state index contributed by atoms with van der Waals surface area (Å²) < 4.78 is 0. The Labute approximate surface area is 137 Å². The predicted octanol–water partition coefficient (Wildman–Crippen LogP) is 2.42. The molecule has 6 nitrogen and oxygen atoms in total. The molecule has 116 valence electrons. The Balaban J connectivity index is 1.52. The first-order valence-corrected chi connectivity index (χ1v) is 8.46. The van der Waals surface area contributed by atoms with Crippen LogP contribution in [-0.2, 0) is 11.2 Å². The van der Waals surface area contributed by atoms with Gasteiger partial charge in [0.25, 0.3) is 0 Å². The van der Waals surface area contributed by atoms with Crippen LogP contribution in [-0.4, -0.2) is 38.1 Å². The predicted molar refractivity (Wildman–Crippen MR) is 89.5 cm³/mol. The number of fused-ring (bicyclic) bond motifs is 2. The summed E-state index contributed by atoms with van der Waals surface area (Å²) in [5, 5.41) is 0.756. The molecule has 0 unspecified atom stereocenters. The van der Waals surface area contributed by atoms with Crippen LogP contribution in [0.1, 0.15) is 12.0 Å². The highest BCUT2D eigenvalue weighted by Gasteiger charge is 2.22. The maximum absolute atomic E-state index is 12.6. The van der Waals surface area contributed by atoms with Crippen LogP contribution in [0.5, 0.6) is 0 Å². The molecular weight excluding hydrogens is 310 g/mol. The molecule has 1 aliphatic rings. The number of carbonyl (C=O) groups excluding carboxylic acids is 1. The maximum atomic E-state index is 12.6. The van der Waals surface area contributed by atoms with Gasteiger partial charge in [-0.2, -0.15) is 0 Å². The fourth-order valence-electron chi connectivity index (χ4n) is 2.85. The summed E-state index contributed by atoms with van der Waals surface area (Å²) in [6.45, 7) is 0.777. The highest BCUT2D eigenvalue weighted by molar-refractivity contribution is 8.00. The summed E-state index contributed by atoms with van der Waals surface area (Å²) >= 11 is 1.42. The van der Waals surface area contributed by atoms with Gasteiger partial charge in [-0.15, -0.1) is 0 Å². The standard InChI is InChI=1S/C16H15N5OS/c22-13(21-7-3-5-11-4-1-2-6-12(11)21)8-23-16-14-15(18-9-17-14)19-10-20-16/h1-2,4,6,9-10H,3,5,7-8H2,(H,17,18,19,20). The number of anilines is 1. The van der Waals surface area contributed by atoms with E-state index in [1.807, 2.05) is 23.1 Å². The summed E-state index contributed by atoms with van der Waals surface area (Å²) in [5.74, 6) is 0.452. The van der Waals surface area contributed by atoms with Crippen LogP contribution in [0.25, 0.3) is 11.2 Å². The number of carbonyl (C=O) groups is 1. The number of imidazole rings is 1. The van der Waals surface area contributed by atoms with Gasteiger partial charge in [0.2, 0.25) is 5.91 Å². The molecule has 3 heterocycles. The minimum atomic E-state index is 0.105. The second-order valence-corrected chi connectivity index (χ2v) is 6.31. The van der Waals surface area contributed by atoms with Gasteiger partial charge in [0.15, 0.2) is 5.65 Å². The summed E-state index contributed by atoms with van der Waals surface area (Å²) in [6.07, 6.45) is 5.11. The summed E-state index contributed by atoms with van der Waals surface area (Å²) in [4.78, 5) is 30.0. The number of nitrogens with one attached hydrogen (secondary N) is 1. The van der Waals surface area contributed by atoms with Gasteiger partial charge in [-0.3, -0.25) is 4.79 Å². The third-order valence-corrected chi connectivity index (χ3v) is 4.91. The van der Waals surface area contributed by atoms with Crippen molar-refractivity contribution in [2.24, 2.45) is 0 Å². The minimum Gasteiger partial charge on any atom is -0.341 e. The topological polar surface area (TPSA) is 74.8 Å². The normalized spacial score (nSPS) is 14.0. The summed E-state index contributed by atoms with van der Waals surface area (Å²) in [6, 6.07) is 8.13. The van der Waals surface area contributed by atoms with Crippen LogP contribution < -0.4 is 4.90 Å². The molecule has 0 fully saturated rings. The van der Waals surface area contributed by atoms with E-state index in [1.54, 1.807) is 6.33 Å². The van der Waals surface area contributed by atoms with E-state index in [1.165, 1.54) is 23.7 Å². The van der Waals surface area contributed by atoms with E-state index in [0.29, 0.717) is 11.4 Å². The molecule has 1 aliphatic heterocycles. The number of aryl methyl sites for hydroxylation is 1. The van der Waals surface area contributed by atoms with Gasteiger partial charge in [0, 0.05) is 12.2 Å². The monoisotopic (exact) mass is 325 g/mol. The number of rotatable bonds is 3. The number of aromatic nitrogens is 4. The van der Waals surface area contributed by atoms with E-state index in [9.17, 15) is 4.79 Å². The Kier molecular flexibility index (Phi) is 3.70. The van der Waals surface area contributed by atoms with Crippen molar-refractivity contribution in [1.29, 1.82) is 0 Å². The van der Waals surface area contributed by atoms with Gasteiger partial charge in [-0.1, -0.05) is 30.0 Å². The minimum absolute atomic E-state index is 0.105. The van der Waals surface area contributed by atoms with E-state index in [0.717, 1.165) is 35.6 Å². The van der Waals surface area contributed by atoms with Gasteiger partial charge in [-0.25, -0.2) is 15.0 Å². The number of thioether (sulfide) groups is 1. The van der Waals surface area contributed by atoms with Gasteiger partial charge < -0.3 is 9.88 Å². The van der Waals surface area contributed by atoms with Crippen molar-refractivity contribution in [1.82, 2.24) is 19.9 Å². The number of para-hydroxylation sites is 1. The Morgan fingerprint density at radius 3 is 3.13 bits per heavy atom. The van der Waals surface area contributed by atoms with Crippen molar-refractivity contribution < 1.29 is 4.79 Å². The van der Waals surface area contributed by atoms with Gasteiger partial charge in [0.1, 0.15) is 16.9 Å². The molecule has 1 aromatic carbocycles. The van der Waals surface area contributed by atoms with Crippen LogP contribution in [0.4, 0.5) is 5.69 Å². The lowest BCUT2D eigenvalue weighted by Gasteiger charge is -2.29. The molecule has 23 heavy (non-hydrogen) atoms. The second kappa shape index (κ2) is 6.00. The van der Waals surface area contributed by atoms with Crippen LogP contribution in [0.15, 0.2) is 41.9 Å². The number of hydrogen-bond donors (Lipinski definition) is 1. The molecule has 3 aromatic rings. The molecule has 0 atom stereocenters. The Morgan fingerprint density at radius 2 is 2.17 bits per heavy atom. The molecule has 2 aromatic heterocycles. The fourth-order valence-corrected chi connectivity index (χ4v) is 3.69. The van der Waals surface area contributed by atoms with Gasteiger partial charge in [0.05, 0.1) is 12.1 Å². The first-order valence-electron chi connectivity index (χ1n) is 7.48. The number of aromatic amines is 1. The molecule has 7 heteroatoms. The lowest BCUT2D eigenvalue weighted by molar-refractivity contribution is -0.116. The van der Waals surface area contributed by atoms with Crippen molar-refractivity contribution in [3.8, 4) is 0 Å². The first kappa shape index (κ1) is 14.2. The van der Waals surface area contributed by atoms with E-state index in [-0.39, 0.29) is 5.91 Å². The van der Waals surface area contributed by atoms with E-state index < -0.39 is 0 Å². The average Bonchev–Trinajstić information content (AvgIpc) is 3.08. The smallest absolute Gasteiger partial charge is 0.237 e. The first-order chi connectivity index (χ1) is 11.3. The number of H-pyrrole nitrogens is 1. The van der Waals surface area contributed by atoms with Crippen molar-refractivity contribution in [2.75, 3.05) is 17.2 Å². The van der Waals surface area contributed by atoms with Crippen molar-refractivity contribution in [2.45, 2.75) is 17.9 Å². The molecule has 0 saturated carbocycles. The fraction of sp³-hybridized carbons (Fsp3) is 0.250. The van der Waals surface area contributed by atoms with Crippen LogP contribution in [0, 0.1) is 0 Å². The van der Waals surface area contributed by atoms with Crippen molar-refractivity contribution in [3.63, 3.8) is 0 Å². The Hall–Kier alpha value is -2.41. The third-order valence-electron chi connectivity index (χ3n) is 3.93. The zero-order chi connectivity index (χ0) is 15.6. The molecular formula is C16H15N5OS. The van der Waals surface area contributed by atoms with Crippen LogP contribution in [0.3, 0.4) is 0 Å². The highest BCUT2D eigenvalue weighted by atomic mass is 32.2. The van der Waals surface area contributed by atoms with Crippen LogP contribution >= 0.6 is 11.8 Å². The van der Waals surface area contributed by atoms with Crippen molar-refractivity contribution >= 4 is 34.5 Å². The average molecular weight is 325 g/mol.